The number of rotatable bonds is 2. The van der Waals surface area contributed by atoms with Crippen molar-refractivity contribution >= 4 is 10.8 Å². The van der Waals surface area contributed by atoms with Crippen LogP contribution in [0.2, 0.25) is 0 Å². The van der Waals surface area contributed by atoms with Gasteiger partial charge in [-0.25, -0.2) is 0 Å². The first-order valence-electron chi connectivity index (χ1n) is 6.57. The Morgan fingerprint density at radius 3 is 2.78 bits per heavy atom. The Labute approximate surface area is 108 Å². The van der Waals surface area contributed by atoms with Crippen molar-refractivity contribution in [3.63, 3.8) is 0 Å². The Bertz CT molecular complexity index is 633. The molecule has 0 heterocycles. The highest BCUT2D eigenvalue weighted by atomic mass is 14.8. The van der Waals surface area contributed by atoms with Crippen LogP contribution in [0.5, 0.6) is 0 Å². The Balaban J connectivity index is 2.06. The van der Waals surface area contributed by atoms with Crippen LogP contribution in [0.4, 0.5) is 0 Å². The van der Waals surface area contributed by atoms with Crippen LogP contribution < -0.4 is 5.32 Å². The molecule has 0 atom stereocenters. The second-order valence-corrected chi connectivity index (χ2v) is 4.77. The molecule has 0 spiro atoms. The number of aryl methyl sites for hydroxylation is 2. The van der Waals surface area contributed by atoms with E-state index in [-0.39, 0.29) is 0 Å². The highest BCUT2D eigenvalue weighted by Gasteiger charge is 2.14. The van der Waals surface area contributed by atoms with Crippen LogP contribution in [0.1, 0.15) is 23.1 Å². The number of nitrogens with one attached hydrogen (secondary N) is 1. The molecule has 0 unspecified atom stereocenters. The maximum Gasteiger partial charge on any atom is 0.0324 e. The molecule has 0 aromatic heterocycles. The third-order valence-corrected chi connectivity index (χ3v) is 3.60. The fourth-order valence-corrected chi connectivity index (χ4v) is 2.70. The molecule has 1 aliphatic carbocycles. The molecule has 0 bridgehead atoms. The summed E-state index contributed by atoms with van der Waals surface area (Å²) in [6.45, 7) is 0.953. The summed E-state index contributed by atoms with van der Waals surface area (Å²) in [5.41, 5.74) is 4.15. The van der Waals surface area contributed by atoms with Gasteiger partial charge in [-0.3, -0.25) is 0 Å². The topological polar surface area (TPSA) is 12.0 Å². The van der Waals surface area contributed by atoms with Crippen molar-refractivity contribution in [3.8, 4) is 11.8 Å². The van der Waals surface area contributed by atoms with Gasteiger partial charge in [0.05, 0.1) is 0 Å². The lowest BCUT2D eigenvalue weighted by Gasteiger charge is -2.03. The lowest BCUT2D eigenvalue weighted by molar-refractivity contribution is 0.818. The Morgan fingerprint density at radius 2 is 1.94 bits per heavy atom. The molecule has 2 aromatic carbocycles. The van der Waals surface area contributed by atoms with Gasteiger partial charge in [-0.1, -0.05) is 36.1 Å². The minimum absolute atomic E-state index is 0.902. The summed E-state index contributed by atoms with van der Waals surface area (Å²) >= 11 is 0. The quantitative estimate of drug-likeness (QED) is 0.623. The first kappa shape index (κ1) is 11.3. The van der Waals surface area contributed by atoms with E-state index in [9.17, 15) is 0 Å². The van der Waals surface area contributed by atoms with Crippen molar-refractivity contribution in [2.24, 2.45) is 0 Å². The van der Waals surface area contributed by atoms with Crippen LogP contribution in [-0.2, 0) is 12.8 Å². The fourth-order valence-electron chi connectivity index (χ4n) is 2.70. The van der Waals surface area contributed by atoms with E-state index in [2.05, 4.69) is 47.5 Å². The molecule has 0 amide bonds. The minimum atomic E-state index is 0.902. The summed E-state index contributed by atoms with van der Waals surface area (Å²) in [5.74, 6) is 6.56. The molecule has 90 valence electrons. The second kappa shape index (κ2) is 4.84. The summed E-state index contributed by atoms with van der Waals surface area (Å²) in [4.78, 5) is 0. The zero-order valence-electron chi connectivity index (χ0n) is 10.7. The van der Waals surface area contributed by atoms with Gasteiger partial charge in [0.15, 0.2) is 0 Å². The van der Waals surface area contributed by atoms with Gasteiger partial charge in [-0.15, -0.1) is 0 Å². The van der Waals surface area contributed by atoms with Crippen LogP contribution in [0, 0.1) is 11.8 Å². The first-order valence-corrected chi connectivity index (χ1v) is 6.57. The van der Waals surface area contributed by atoms with Crippen LogP contribution in [0.3, 0.4) is 0 Å². The first-order chi connectivity index (χ1) is 8.90. The standard InChI is InChI=1S/C17H17N/c1-18-12-3-2-5-13-8-9-15-11-10-14-6-4-7-16(13)17(14)15/h4,6-9,18H,3,10-12H2,1H3. The molecule has 3 rings (SSSR count). The summed E-state index contributed by atoms with van der Waals surface area (Å²) in [6, 6.07) is 11.0. The van der Waals surface area contributed by atoms with E-state index >= 15 is 0 Å². The van der Waals surface area contributed by atoms with E-state index in [1.165, 1.54) is 40.3 Å². The summed E-state index contributed by atoms with van der Waals surface area (Å²) in [5, 5.41) is 5.91. The average Bonchev–Trinajstić information content (AvgIpc) is 2.82. The van der Waals surface area contributed by atoms with Crippen molar-refractivity contribution in [1.29, 1.82) is 0 Å². The highest BCUT2D eigenvalue weighted by molar-refractivity contribution is 5.94. The fraction of sp³-hybridized carbons (Fsp3) is 0.294. The van der Waals surface area contributed by atoms with E-state index in [4.69, 9.17) is 0 Å². The lowest BCUT2D eigenvalue weighted by Crippen LogP contribution is -2.05. The predicted molar refractivity (Wildman–Crippen MR) is 76.8 cm³/mol. The van der Waals surface area contributed by atoms with Gasteiger partial charge >= 0.3 is 0 Å². The second-order valence-electron chi connectivity index (χ2n) is 4.77. The van der Waals surface area contributed by atoms with E-state index in [0.717, 1.165) is 13.0 Å². The number of hydrogen-bond acceptors (Lipinski definition) is 1. The van der Waals surface area contributed by atoms with Gasteiger partial charge in [0, 0.05) is 18.5 Å². The largest absolute Gasteiger partial charge is 0.319 e. The third kappa shape index (κ3) is 1.89. The molecular weight excluding hydrogens is 218 g/mol. The third-order valence-electron chi connectivity index (χ3n) is 3.60. The summed E-state index contributed by atoms with van der Waals surface area (Å²) in [6.07, 6.45) is 3.27. The maximum absolute atomic E-state index is 3.31. The molecule has 1 aliphatic rings. The van der Waals surface area contributed by atoms with E-state index in [1.807, 2.05) is 7.05 Å². The molecule has 0 saturated heterocycles. The Kier molecular flexibility index (Phi) is 3.04. The van der Waals surface area contributed by atoms with Crippen LogP contribution in [-0.4, -0.2) is 13.6 Å². The molecule has 0 fully saturated rings. The van der Waals surface area contributed by atoms with Crippen molar-refractivity contribution in [2.45, 2.75) is 19.3 Å². The van der Waals surface area contributed by atoms with Crippen molar-refractivity contribution in [2.75, 3.05) is 13.6 Å². The van der Waals surface area contributed by atoms with E-state index in [0.29, 0.717) is 0 Å². The van der Waals surface area contributed by atoms with Crippen molar-refractivity contribution in [1.82, 2.24) is 5.32 Å². The minimum Gasteiger partial charge on any atom is -0.319 e. The SMILES string of the molecule is CNCCC#Cc1ccc2c3c(cccc13)CC2. The molecule has 0 radical (unpaired) electrons. The molecule has 2 aromatic rings. The smallest absolute Gasteiger partial charge is 0.0324 e. The monoisotopic (exact) mass is 235 g/mol. The van der Waals surface area contributed by atoms with Gasteiger partial charge in [0.25, 0.3) is 0 Å². The van der Waals surface area contributed by atoms with E-state index in [1.54, 1.807) is 0 Å². The molecule has 18 heavy (non-hydrogen) atoms. The van der Waals surface area contributed by atoms with Crippen LogP contribution in [0.15, 0.2) is 30.3 Å². The molecule has 0 aliphatic heterocycles. The van der Waals surface area contributed by atoms with E-state index < -0.39 is 0 Å². The molecule has 1 nitrogen and oxygen atoms in total. The normalized spacial score (nSPS) is 12.5. The summed E-state index contributed by atoms with van der Waals surface area (Å²) in [7, 11) is 1.96. The van der Waals surface area contributed by atoms with Gasteiger partial charge in [-0.2, -0.15) is 0 Å². The van der Waals surface area contributed by atoms with Crippen LogP contribution >= 0.6 is 0 Å². The zero-order valence-corrected chi connectivity index (χ0v) is 10.7. The molecule has 1 heteroatoms. The van der Waals surface area contributed by atoms with Crippen molar-refractivity contribution < 1.29 is 0 Å². The lowest BCUT2D eigenvalue weighted by atomic mass is 10.0. The predicted octanol–water partition coefficient (Wildman–Crippen LogP) is 2.90. The summed E-state index contributed by atoms with van der Waals surface area (Å²) < 4.78 is 0. The zero-order chi connectivity index (χ0) is 12.4. The average molecular weight is 235 g/mol. The van der Waals surface area contributed by atoms with Gasteiger partial charge in [-0.05, 0) is 47.9 Å². The number of benzene rings is 2. The Morgan fingerprint density at radius 1 is 1.11 bits per heavy atom. The Hall–Kier alpha value is -1.78. The van der Waals surface area contributed by atoms with Gasteiger partial charge in [0.2, 0.25) is 0 Å². The van der Waals surface area contributed by atoms with Gasteiger partial charge < -0.3 is 5.32 Å². The number of hydrogen-bond donors (Lipinski definition) is 1. The maximum atomic E-state index is 3.31. The molecular formula is C17H17N. The molecule has 0 saturated carbocycles. The van der Waals surface area contributed by atoms with Crippen LogP contribution in [0.25, 0.3) is 10.8 Å². The van der Waals surface area contributed by atoms with Gasteiger partial charge in [0.1, 0.15) is 0 Å². The van der Waals surface area contributed by atoms with Crippen molar-refractivity contribution in [3.05, 3.63) is 47.0 Å². The molecule has 1 N–H and O–H groups in total. The highest BCUT2D eigenvalue weighted by Crippen LogP contribution is 2.32.